The molecule has 2 nitrogen and oxygen atoms in total. The van der Waals surface area contributed by atoms with Crippen molar-refractivity contribution >= 4 is 6.41 Å². The van der Waals surface area contributed by atoms with E-state index in [1.165, 1.54) is 17.0 Å². The number of rotatable bonds is 3. The zero-order chi connectivity index (χ0) is 11.6. The van der Waals surface area contributed by atoms with Crippen LogP contribution in [0.25, 0.3) is 0 Å². The Bertz CT molecular complexity index is 357. The molecule has 0 saturated carbocycles. The maximum Gasteiger partial charge on any atom is 0.210 e. The molecule has 0 N–H and O–H groups in total. The Morgan fingerprint density at radius 1 is 1.20 bits per heavy atom. The van der Waals surface area contributed by atoms with Gasteiger partial charge in [-0.05, 0) is 31.5 Å². The highest BCUT2D eigenvalue weighted by Gasteiger charge is 2.25. The molecule has 4 heteroatoms. The first-order valence-corrected chi connectivity index (χ1v) is 4.52. The number of nitrogens with zero attached hydrogens (tertiary/aromatic N) is 1. The van der Waals surface area contributed by atoms with Crippen LogP contribution in [0.4, 0.5) is 8.78 Å². The van der Waals surface area contributed by atoms with Gasteiger partial charge in [0.2, 0.25) is 6.41 Å². The zero-order valence-electron chi connectivity index (χ0n) is 8.92. The van der Waals surface area contributed by atoms with Gasteiger partial charge in [0.15, 0.2) is 0 Å². The van der Waals surface area contributed by atoms with Gasteiger partial charge in [0.05, 0.1) is 5.54 Å². The van der Waals surface area contributed by atoms with Gasteiger partial charge in [0.25, 0.3) is 0 Å². The van der Waals surface area contributed by atoms with Crippen LogP contribution in [0.15, 0.2) is 18.2 Å². The van der Waals surface area contributed by atoms with Crippen LogP contribution in [0.5, 0.6) is 0 Å². The Morgan fingerprint density at radius 2 is 1.67 bits per heavy atom. The van der Waals surface area contributed by atoms with Crippen molar-refractivity contribution in [1.29, 1.82) is 0 Å². The van der Waals surface area contributed by atoms with Crippen LogP contribution in [-0.2, 0) is 10.3 Å². The summed E-state index contributed by atoms with van der Waals surface area (Å²) in [7, 11) is 1.57. The van der Waals surface area contributed by atoms with Gasteiger partial charge < -0.3 is 4.90 Å². The summed E-state index contributed by atoms with van der Waals surface area (Å²) < 4.78 is 26.0. The molecule has 0 aliphatic carbocycles. The smallest absolute Gasteiger partial charge is 0.210 e. The monoisotopic (exact) mass is 213 g/mol. The van der Waals surface area contributed by atoms with Crippen molar-refractivity contribution in [2.24, 2.45) is 0 Å². The van der Waals surface area contributed by atoms with E-state index in [0.717, 1.165) is 6.07 Å². The van der Waals surface area contributed by atoms with Crippen LogP contribution in [0.3, 0.4) is 0 Å². The molecule has 1 rings (SSSR count). The number of benzene rings is 1. The van der Waals surface area contributed by atoms with Crippen LogP contribution in [0, 0.1) is 11.6 Å². The minimum Gasteiger partial charge on any atom is -0.339 e. The highest BCUT2D eigenvalue weighted by Crippen LogP contribution is 2.26. The first-order chi connectivity index (χ1) is 6.87. The molecule has 15 heavy (non-hydrogen) atoms. The van der Waals surface area contributed by atoms with Crippen molar-refractivity contribution in [3.63, 3.8) is 0 Å². The summed E-state index contributed by atoms with van der Waals surface area (Å²) in [6, 6.07) is 3.26. The minimum atomic E-state index is -0.731. The van der Waals surface area contributed by atoms with E-state index in [9.17, 15) is 13.6 Å². The van der Waals surface area contributed by atoms with Crippen LogP contribution in [0.1, 0.15) is 19.4 Å². The van der Waals surface area contributed by atoms with E-state index in [-0.39, 0.29) is 0 Å². The van der Waals surface area contributed by atoms with E-state index >= 15 is 0 Å². The third-order valence-corrected chi connectivity index (χ3v) is 2.61. The summed E-state index contributed by atoms with van der Waals surface area (Å²) in [5, 5.41) is 0. The number of halogens is 2. The third-order valence-electron chi connectivity index (χ3n) is 2.61. The molecule has 0 unspecified atom stereocenters. The second-order valence-corrected chi connectivity index (χ2v) is 3.93. The van der Waals surface area contributed by atoms with Gasteiger partial charge in [0, 0.05) is 13.1 Å². The third kappa shape index (κ3) is 2.32. The number of carbonyl (C=O) groups is 1. The molecule has 0 fully saturated rings. The van der Waals surface area contributed by atoms with Gasteiger partial charge in [-0.2, -0.15) is 0 Å². The zero-order valence-corrected chi connectivity index (χ0v) is 8.92. The molecule has 82 valence electrons. The molecular formula is C11H13F2NO. The number of amides is 1. The minimum absolute atomic E-state index is 0.426. The number of hydrogen-bond donors (Lipinski definition) is 0. The van der Waals surface area contributed by atoms with Gasteiger partial charge in [-0.3, -0.25) is 4.79 Å². The van der Waals surface area contributed by atoms with Crippen LogP contribution in [0.2, 0.25) is 0 Å². The Labute approximate surface area is 87.5 Å². The molecule has 0 aliphatic rings. The van der Waals surface area contributed by atoms with Crippen LogP contribution in [-0.4, -0.2) is 18.4 Å². The molecule has 0 aliphatic heterocycles. The summed E-state index contributed by atoms with van der Waals surface area (Å²) in [5.74, 6) is -1.28. The predicted octanol–water partition coefficient (Wildman–Crippen LogP) is 2.29. The van der Waals surface area contributed by atoms with Crippen LogP contribution >= 0.6 is 0 Å². The van der Waals surface area contributed by atoms with Crippen molar-refractivity contribution in [1.82, 2.24) is 4.90 Å². The molecule has 0 heterocycles. The summed E-state index contributed by atoms with van der Waals surface area (Å²) in [6.45, 7) is 3.44. The van der Waals surface area contributed by atoms with Crippen molar-refractivity contribution in [2.45, 2.75) is 19.4 Å². The van der Waals surface area contributed by atoms with Gasteiger partial charge in [0.1, 0.15) is 11.6 Å². The lowest BCUT2D eigenvalue weighted by Gasteiger charge is -2.33. The second-order valence-electron chi connectivity index (χ2n) is 3.93. The second kappa shape index (κ2) is 3.96. The fourth-order valence-electron chi connectivity index (χ4n) is 1.24. The van der Waals surface area contributed by atoms with Crippen molar-refractivity contribution in [3.05, 3.63) is 35.4 Å². The predicted molar refractivity (Wildman–Crippen MR) is 53.2 cm³/mol. The van der Waals surface area contributed by atoms with E-state index in [2.05, 4.69) is 0 Å². The maximum atomic E-state index is 13.0. The van der Waals surface area contributed by atoms with E-state index in [0.29, 0.717) is 12.0 Å². The van der Waals surface area contributed by atoms with Crippen molar-refractivity contribution < 1.29 is 13.6 Å². The molecule has 0 spiro atoms. The Hall–Kier alpha value is -1.45. The van der Waals surface area contributed by atoms with Crippen molar-refractivity contribution in [2.75, 3.05) is 7.05 Å². The topological polar surface area (TPSA) is 20.3 Å². The van der Waals surface area contributed by atoms with Crippen molar-refractivity contribution in [3.8, 4) is 0 Å². The van der Waals surface area contributed by atoms with Crippen LogP contribution < -0.4 is 0 Å². The standard InChI is InChI=1S/C11H13F2NO/c1-11(2,14(3)7-15)8-4-9(12)6-10(13)5-8/h4-7H,1-3H3. The fourth-order valence-corrected chi connectivity index (χ4v) is 1.24. The fraction of sp³-hybridized carbons (Fsp3) is 0.364. The Balaban J connectivity index is 3.19. The highest BCUT2D eigenvalue weighted by molar-refractivity contribution is 5.49. The SMILES string of the molecule is CN(C=O)C(C)(C)c1cc(F)cc(F)c1. The summed E-state index contributed by atoms with van der Waals surface area (Å²) >= 11 is 0. The van der Waals surface area contributed by atoms with E-state index in [4.69, 9.17) is 0 Å². The van der Waals surface area contributed by atoms with E-state index < -0.39 is 17.2 Å². The number of hydrogen-bond acceptors (Lipinski definition) is 1. The summed E-state index contributed by atoms with van der Waals surface area (Å²) in [6.07, 6.45) is 0.628. The lowest BCUT2D eigenvalue weighted by molar-refractivity contribution is -0.121. The van der Waals surface area contributed by atoms with Gasteiger partial charge in [-0.15, -0.1) is 0 Å². The molecule has 0 saturated heterocycles. The quantitative estimate of drug-likeness (QED) is 0.705. The average Bonchev–Trinajstić information content (AvgIpc) is 2.15. The van der Waals surface area contributed by atoms with E-state index in [1.54, 1.807) is 20.9 Å². The average molecular weight is 213 g/mol. The Morgan fingerprint density at radius 3 is 2.07 bits per heavy atom. The summed E-state index contributed by atoms with van der Waals surface area (Å²) in [5.41, 5.74) is -0.306. The van der Waals surface area contributed by atoms with Gasteiger partial charge >= 0.3 is 0 Å². The van der Waals surface area contributed by atoms with E-state index in [1.807, 2.05) is 0 Å². The number of carbonyl (C=O) groups excluding carboxylic acids is 1. The molecule has 0 radical (unpaired) electrons. The molecule has 1 amide bonds. The molecule has 0 bridgehead atoms. The lowest BCUT2D eigenvalue weighted by atomic mass is 9.93. The summed E-state index contributed by atoms with van der Waals surface area (Å²) in [4.78, 5) is 12.0. The molecule has 0 aromatic heterocycles. The normalized spacial score (nSPS) is 11.3. The first-order valence-electron chi connectivity index (χ1n) is 4.52. The largest absolute Gasteiger partial charge is 0.339 e. The lowest BCUT2D eigenvalue weighted by Crippen LogP contribution is -2.37. The maximum absolute atomic E-state index is 13.0. The molecule has 0 atom stereocenters. The Kier molecular flexibility index (Phi) is 3.07. The van der Waals surface area contributed by atoms with Gasteiger partial charge in [-0.25, -0.2) is 8.78 Å². The highest BCUT2D eigenvalue weighted by atomic mass is 19.1. The molecular weight excluding hydrogens is 200 g/mol. The molecule has 1 aromatic rings. The first kappa shape index (κ1) is 11.6. The van der Waals surface area contributed by atoms with Gasteiger partial charge in [-0.1, -0.05) is 0 Å². The molecule has 1 aromatic carbocycles.